The van der Waals surface area contributed by atoms with Crippen LogP contribution in [0.5, 0.6) is 0 Å². The van der Waals surface area contributed by atoms with Gasteiger partial charge in [0.2, 0.25) is 0 Å². The number of carbonyl (C=O) groups is 2. The summed E-state index contributed by atoms with van der Waals surface area (Å²) in [6, 6.07) is 26.6. The number of amides is 2. The number of furan rings is 1. The standard InChI is InChI=1S/C32H26BrFN6O3S/c33-24-12-8-22(9-13-24)26-17-27(23-10-14-25(34)15-11-23)40(38-26)30(41)20-44-32-37-36-29(18-35-31(42)28-7-4-16-43-28)39(32)19-21-5-2-1-3-6-21/h1-16,27H,17-20H2,(H,35,42)/t27-/m1/s1. The number of nitrogens with one attached hydrogen (secondary N) is 1. The molecule has 2 amide bonds. The molecule has 0 radical (unpaired) electrons. The first-order valence-electron chi connectivity index (χ1n) is 13.8. The van der Waals surface area contributed by atoms with E-state index < -0.39 is 0 Å². The summed E-state index contributed by atoms with van der Waals surface area (Å²) >= 11 is 4.70. The Hall–Kier alpha value is -4.55. The average Bonchev–Trinajstić information content (AvgIpc) is 3.81. The fourth-order valence-electron chi connectivity index (χ4n) is 4.83. The first-order valence-corrected chi connectivity index (χ1v) is 15.5. The largest absolute Gasteiger partial charge is 0.459 e. The molecule has 1 N–H and O–H groups in total. The van der Waals surface area contributed by atoms with Crippen molar-refractivity contribution in [3.8, 4) is 0 Å². The van der Waals surface area contributed by atoms with E-state index in [1.165, 1.54) is 35.2 Å². The zero-order valence-corrected chi connectivity index (χ0v) is 25.7. The van der Waals surface area contributed by atoms with E-state index in [0.717, 1.165) is 26.9 Å². The highest BCUT2D eigenvalue weighted by Crippen LogP contribution is 2.34. The molecule has 222 valence electrons. The van der Waals surface area contributed by atoms with Crippen molar-refractivity contribution in [1.82, 2.24) is 25.1 Å². The molecule has 3 heterocycles. The van der Waals surface area contributed by atoms with Crippen LogP contribution in [0.15, 0.2) is 116 Å². The van der Waals surface area contributed by atoms with Crippen LogP contribution in [0.2, 0.25) is 0 Å². The summed E-state index contributed by atoms with van der Waals surface area (Å²) < 4.78 is 21.7. The molecule has 6 rings (SSSR count). The first kappa shape index (κ1) is 29.5. The lowest BCUT2D eigenvalue weighted by molar-refractivity contribution is -0.130. The van der Waals surface area contributed by atoms with E-state index in [9.17, 15) is 14.0 Å². The molecule has 0 aliphatic carbocycles. The summed E-state index contributed by atoms with van der Waals surface area (Å²) in [5, 5.41) is 18.2. The highest BCUT2D eigenvalue weighted by Gasteiger charge is 2.33. The van der Waals surface area contributed by atoms with E-state index in [0.29, 0.717) is 23.9 Å². The highest BCUT2D eigenvalue weighted by molar-refractivity contribution is 9.10. The monoisotopic (exact) mass is 672 g/mol. The third-order valence-corrected chi connectivity index (χ3v) is 8.53. The maximum absolute atomic E-state index is 13.7. The van der Waals surface area contributed by atoms with Crippen molar-refractivity contribution in [2.75, 3.05) is 5.75 Å². The molecular weight excluding hydrogens is 647 g/mol. The van der Waals surface area contributed by atoms with E-state index in [1.54, 1.807) is 24.3 Å². The number of carbonyl (C=O) groups excluding carboxylic acids is 2. The Morgan fingerprint density at radius 1 is 0.977 bits per heavy atom. The van der Waals surface area contributed by atoms with Crippen molar-refractivity contribution in [2.45, 2.75) is 30.7 Å². The molecule has 0 saturated carbocycles. The predicted molar refractivity (Wildman–Crippen MR) is 167 cm³/mol. The van der Waals surface area contributed by atoms with Gasteiger partial charge in [-0.05, 0) is 53.1 Å². The van der Waals surface area contributed by atoms with Gasteiger partial charge in [0, 0.05) is 10.9 Å². The third kappa shape index (κ3) is 6.81. The van der Waals surface area contributed by atoms with Gasteiger partial charge in [0.25, 0.3) is 11.8 Å². The molecule has 1 atom stereocenters. The van der Waals surface area contributed by atoms with Crippen molar-refractivity contribution in [1.29, 1.82) is 0 Å². The van der Waals surface area contributed by atoms with Crippen molar-refractivity contribution in [3.05, 3.63) is 136 Å². The number of benzene rings is 3. The smallest absolute Gasteiger partial charge is 0.287 e. The van der Waals surface area contributed by atoms with Gasteiger partial charge in [-0.2, -0.15) is 5.10 Å². The van der Waals surface area contributed by atoms with Gasteiger partial charge in [-0.1, -0.05) is 82.3 Å². The highest BCUT2D eigenvalue weighted by atomic mass is 79.9. The molecule has 0 saturated heterocycles. The fourth-order valence-corrected chi connectivity index (χ4v) is 5.90. The van der Waals surface area contributed by atoms with E-state index >= 15 is 0 Å². The van der Waals surface area contributed by atoms with Crippen molar-refractivity contribution in [3.63, 3.8) is 0 Å². The Kier molecular flexibility index (Phi) is 8.99. The lowest BCUT2D eigenvalue weighted by atomic mass is 9.98. The molecule has 0 spiro atoms. The lowest BCUT2D eigenvalue weighted by Crippen LogP contribution is -2.28. The van der Waals surface area contributed by atoms with Gasteiger partial charge in [-0.15, -0.1) is 10.2 Å². The Labute approximate surface area is 265 Å². The quantitative estimate of drug-likeness (QED) is 0.177. The lowest BCUT2D eigenvalue weighted by Gasteiger charge is -2.22. The fraction of sp³-hybridized carbons (Fsp3) is 0.156. The van der Waals surface area contributed by atoms with E-state index in [1.807, 2.05) is 59.2 Å². The van der Waals surface area contributed by atoms with E-state index in [-0.39, 0.29) is 41.7 Å². The molecule has 44 heavy (non-hydrogen) atoms. The predicted octanol–water partition coefficient (Wildman–Crippen LogP) is 6.22. The number of halogens is 2. The first-order chi connectivity index (χ1) is 21.4. The molecule has 12 heteroatoms. The van der Waals surface area contributed by atoms with Crippen LogP contribution in [-0.2, 0) is 17.9 Å². The van der Waals surface area contributed by atoms with Gasteiger partial charge < -0.3 is 14.3 Å². The number of aromatic nitrogens is 3. The van der Waals surface area contributed by atoms with Gasteiger partial charge in [-0.25, -0.2) is 9.40 Å². The summed E-state index contributed by atoms with van der Waals surface area (Å²) in [6.07, 6.45) is 1.93. The van der Waals surface area contributed by atoms with Crippen LogP contribution < -0.4 is 5.32 Å². The Morgan fingerprint density at radius 3 is 2.48 bits per heavy atom. The van der Waals surface area contributed by atoms with Crippen LogP contribution in [0.4, 0.5) is 4.39 Å². The minimum absolute atomic E-state index is 0.0422. The number of thioether (sulfide) groups is 1. The van der Waals surface area contributed by atoms with Crippen LogP contribution in [0.25, 0.3) is 0 Å². The number of hydrogen-bond donors (Lipinski definition) is 1. The number of rotatable bonds is 10. The van der Waals surface area contributed by atoms with Crippen molar-refractivity contribution in [2.24, 2.45) is 5.10 Å². The second-order valence-corrected chi connectivity index (χ2v) is 11.8. The number of hydrazone groups is 1. The van der Waals surface area contributed by atoms with E-state index in [4.69, 9.17) is 9.52 Å². The minimum Gasteiger partial charge on any atom is -0.459 e. The molecule has 1 aliphatic rings. The van der Waals surface area contributed by atoms with Gasteiger partial charge in [0.05, 0.1) is 36.9 Å². The Bertz CT molecular complexity index is 1780. The van der Waals surface area contributed by atoms with Crippen molar-refractivity contribution >= 4 is 45.2 Å². The molecule has 0 unspecified atom stereocenters. The maximum atomic E-state index is 13.7. The van der Waals surface area contributed by atoms with Crippen LogP contribution >= 0.6 is 27.7 Å². The number of hydrogen-bond acceptors (Lipinski definition) is 7. The second kappa shape index (κ2) is 13.4. The molecule has 1 aliphatic heterocycles. The molecule has 2 aromatic heterocycles. The molecule has 0 fully saturated rings. The molecular formula is C32H26BrFN6O3S. The maximum Gasteiger partial charge on any atom is 0.287 e. The van der Waals surface area contributed by atoms with Crippen LogP contribution in [-0.4, -0.2) is 43.1 Å². The molecule has 9 nitrogen and oxygen atoms in total. The minimum atomic E-state index is -0.378. The summed E-state index contributed by atoms with van der Waals surface area (Å²) in [4.78, 5) is 26.2. The van der Waals surface area contributed by atoms with Crippen molar-refractivity contribution < 1.29 is 18.4 Å². The summed E-state index contributed by atoms with van der Waals surface area (Å²) in [7, 11) is 0. The van der Waals surface area contributed by atoms with Crippen LogP contribution in [0.1, 0.15) is 45.5 Å². The van der Waals surface area contributed by atoms with Crippen LogP contribution in [0.3, 0.4) is 0 Å². The zero-order valence-electron chi connectivity index (χ0n) is 23.3. The molecule has 0 bridgehead atoms. The van der Waals surface area contributed by atoms with Gasteiger partial charge in [0.15, 0.2) is 16.7 Å². The SMILES string of the molecule is O=C(NCc1nnc(SCC(=O)N2N=C(c3ccc(Br)cc3)C[C@@H]2c2ccc(F)cc2)n1Cc1ccccc1)c1ccco1. The topological polar surface area (TPSA) is 106 Å². The second-order valence-electron chi connectivity index (χ2n) is 9.98. The van der Waals surface area contributed by atoms with Gasteiger partial charge in [0.1, 0.15) is 5.82 Å². The zero-order chi connectivity index (χ0) is 30.5. The van der Waals surface area contributed by atoms with Gasteiger partial charge >= 0.3 is 0 Å². The molecule has 5 aromatic rings. The number of nitrogens with zero attached hydrogens (tertiary/aromatic N) is 5. The normalized spacial score (nSPS) is 14.5. The third-order valence-electron chi connectivity index (χ3n) is 7.05. The average molecular weight is 674 g/mol. The van der Waals surface area contributed by atoms with Gasteiger partial charge in [-0.3, -0.25) is 9.59 Å². The summed E-state index contributed by atoms with van der Waals surface area (Å²) in [5.74, 6) is -0.163. The Balaban J connectivity index is 1.22. The van der Waals surface area contributed by atoms with E-state index in [2.05, 4.69) is 31.4 Å². The Morgan fingerprint density at radius 2 is 1.75 bits per heavy atom. The molecule has 3 aromatic carbocycles. The summed E-state index contributed by atoms with van der Waals surface area (Å²) in [5.41, 5.74) is 3.49. The van der Waals surface area contributed by atoms with Crippen LogP contribution in [0, 0.1) is 5.82 Å². The summed E-state index contributed by atoms with van der Waals surface area (Å²) in [6.45, 7) is 0.567.